The number of carbonyl (C=O) groups excluding carboxylic acids is 1. The molecule has 5 nitrogen and oxygen atoms in total. The summed E-state index contributed by atoms with van der Waals surface area (Å²) >= 11 is 0. The third-order valence-electron chi connectivity index (χ3n) is 3.44. The van der Waals surface area contributed by atoms with Crippen LogP contribution in [0.1, 0.15) is 42.1 Å². The van der Waals surface area contributed by atoms with Gasteiger partial charge in [0.2, 0.25) is 0 Å². The molecule has 0 saturated carbocycles. The van der Waals surface area contributed by atoms with Crippen molar-refractivity contribution >= 4 is 15.7 Å². The van der Waals surface area contributed by atoms with Crippen LogP contribution in [0.25, 0.3) is 0 Å². The number of rotatable bonds is 3. The normalized spacial score (nSPS) is 25.4. The summed E-state index contributed by atoms with van der Waals surface area (Å²) in [6.07, 6.45) is 1.17. The second-order valence-electron chi connectivity index (χ2n) is 5.44. The molecule has 106 valence electrons. The van der Waals surface area contributed by atoms with Gasteiger partial charge in [0.25, 0.3) is 5.91 Å². The van der Waals surface area contributed by atoms with Gasteiger partial charge < -0.3 is 9.73 Å². The van der Waals surface area contributed by atoms with E-state index in [1.54, 1.807) is 6.92 Å². The van der Waals surface area contributed by atoms with Gasteiger partial charge in [-0.25, -0.2) is 8.42 Å². The first-order valence-corrected chi connectivity index (χ1v) is 8.19. The van der Waals surface area contributed by atoms with Gasteiger partial charge in [-0.3, -0.25) is 4.79 Å². The number of aryl methyl sites for hydroxylation is 2. The quantitative estimate of drug-likeness (QED) is 0.912. The lowest BCUT2D eigenvalue weighted by Gasteiger charge is -2.23. The van der Waals surface area contributed by atoms with Crippen molar-refractivity contribution in [3.8, 4) is 0 Å². The molecule has 0 aliphatic carbocycles. The maximum Gasteiger partial charge on any atom is 0.287 e. The van der Waals surface area contributed by atoms with Crippen LogP contribution in [0.5, 0.6) is 0 Å². The summed E-state index contributed by atoms with van der Waals surface area (Å²) in [6.45, 7) is 5.52. The minimum Gasteiger partial charge on any atom is -0.456 e. The van der Waals surface area contributed by atoms with Crippen molar-refractivity contribution in [1.29, 1.82) is 0 Å². The third-order valence-corrected chi connectivity index (χ3v) is 5.35. The Kier molecular flexibility index (Phi) is 3.47. The van der Waals surface area contributed by atoms with E-state index in [4.69, 9.17) is 4.42 Å². The summed E-state index contributed by atoms with van der Waals surface area (Å²) in [6, 6.07) is 1.84. The molecule has 1 saturated heterocycles. The maximum atomic E-state index is 12.2. The van der Waals surface area contributed by atoms with Gasteiger partial charge in [-0.1, -0.05) is 6.92 Å². The molecule has 19 heavy (non-hydrogen) atoms. The maximum absolute atomic E-state index is 12.2. The van der Waals surface area contributed by atoms with E-state index >= 15 is 0 Å². The molecule has 2 rings (SSSR count). The number of furan rings is 1. The van der Waals surface area contributed by atoms with Gasteiger partial charge in [-0.2, -0.15) is 0 Å². The monoisotopic (exact) mass is 285 g/mol. The Hall–Kier alpha value is -1.30. The van der Waals surface area contributed by atoms with Crippen molar-refractivity contribution in [3.05, 3.63) is 23.2 Å². The van der Waals surface area contributed by atoms with Gasteiger partial charge in [0.15, 0.2) is 15.6 Å². The molecule has 0 aromatic carbocycles. The summed E-state index contributed by atoms with van der Waals surface area (Å²) in [5, 5.41) is 2.79. The van der Waals surface area contributed by atoms with Crippen LogP contribution in [0, 0.1) is 6.92 Å². The molecule has 1 aromatic rings. The van der Waals surface area contributed by atoms with E-state index in [-0.39, 0.29) is 23.2 Å². The molecule has 1 atom stereocenters. The fourth-order valence-electron chi connectivity index (χ4n) is 2.39. The number of hydrogen-bond acceptors (Lipinski definition) is 4. The van der Waals surface area contributed by atoms with Gasteiger partial charge in [-0.15, -0.1) is 0 Å². The number of hydrogen-bond donors (Lipinski definition) is 1. The van der Waals surface area contributed by atoms with Crippen LogP contribution in [0.4, 0.5) is 0 Å². The van der Waals surface area contributed by atoms with Crippen LogP contribution in [0.3, 0.4) is 0 Å². The molecule has 1 aromatic heterocycles. The van der Waals surface area contributed by atoms with E-state index in [0.29, 0.717) is 6.42 Å². The number of amides is 1. The SMILES string of the molecule is CCc1cc(C)c(C(=O)NC2(C)CCS(=O)(=O)C2)o1. The zero-order chi connectivity index (χ0) is 14.3. The van der Waals surface area contributed by atoms with Crippen molar-refractivity contribution in [1.82, 2.24) is 5.32 Å². The molecular formula is C13H19NO4S. The molecule has 1 unspecified atom stereocenters. The van der Waals surface area contributed by atoms with Crippen molar-refractivity contribution in [2.75, 3.05) is 11.5 Å². The van der Waals surface area contributed by atoms with Crippen molar-refractivity contribution in [3.63, 3.8) is 0 Å². The second-order valence-corrected chi connectivity index (χ2v) is 7.62. The van der Waals surface area contributed by atoms with Crippen molar-refractivity contribution in [2.24, 2.45) is 0 Å². The van der Waals surface area contributed by atoms with Gasteiger partial charge in [0.1, 0.15) is 5.76 Å². The van der Waals surface area contributed by atoms with Gasteiger partial charge in [0.05, 0.1) is 17.0 Å². The molecule has 0 radical (unpaired) electrons. The van der Waals surface area contributed by atoms with Crippen LogP contribution in [0.15, 0.2) is 10.5 Å². The highest BCUT2D eigenvalue weighted by molar-refractivity contribution is 7.91. The van der Waals surface area contributed by atoms with E-state index in [1.807, 2.05) is 19.9 Å². The highest BCUT2D eigenvalue weighted by Gasteiger charge is 2.40. The van der Waals surface area contributed by atoms with Crippen LogP contribution >= 0.6 is 0 Å². The molecule has 1 aliphatic rings. The van der Waals surface area contributed by atoms with Gasteiger partial charge >= 0.3 is 0 Å². The average Bonchev–Trinajstić information content (AvgIpc) is 2.79. The molecule has 1 N–H and O–H groups in total. The largest absolute Gasteiger partial charge is 0.456 e. The van der Waals surface area contributed by atoms with Crippen molar-refractivity contribution in [2.45, 2.75) is 39.2 Å². The lowest BCUT2D eigenvalue weighted by atomic mass is 10.0. The molecule has 6 heteroatoms. The van der Waals surface area contributed by atoms with E-state index in [0.717, 1.165) is 17.7 Å². The lowest BCUT2D eigenvalue weighted by Crippen LogP contribution is -2.47. The Labute approximate surface area is 113 Å². The van der Waals surface area contributed by atoms with Gasteiger partial charge in [0, 0.05) is 12.0 Å². The first-order chi connectivity index (χ1) is 8.75. The zero-order valence-electron chi connectivity index (χ0n) is 11.4. The van der Waals surface area contributed by atoms with E-state index in [2.05, 4.69) is 5.32 Å². The number of nitrogens with one attached hydrogen (secondary N) is 1. The molecule has 0 bridgehead atoms. The summed E-state index contributed by atoms with van der Waals surface area (Å²) in [5.41, 5.74) is 0.0837. The zero-order valence-corrected chi connectivity index (χ0v) is 12.3. The van der Waals surface area contributed by atoms with Crippen LogP contribution in [0.2, 0.25) is 0 Å². The molecular weight excluding hydrogens is 266 g/mol. The van der Waals surface area contributed by atoms with Crippen LogP contribution < -0.4 is 5.32 Å². The summed E-state index contributed by atoms with van der Waals surface area (Å²) in [5.74, 6) is 0.818. The van der Waals surface area contributed by atoms with E-state index in [1.165, 1.54) is 0 Å². The molecule has 1 amide bonds. The third kappa shape index (κ3) is 3.00. The smallest absolute Gasteiger partial charge is 0.287 e. The number of sulfone groups is 1. The Bertz CT molecular complexity index is 602. The molecule has 1 aliphatic heterocycles. The predicted molar refractivity (Wildman–Crippen MR) is 72.0 cm³/mol. The standard InChI is InChI=1S/C13H19NO4S/c1-4-10-7-9(2)11(18-10)12(15)14-13(3)5-6-19(16,17)8-13/h7H,4-6,8H2,1-3H3,(H,14,15). The Balaban J connectivity index is 2.15. The van der Waals surface area contributed by atoms with E-state index in [9.17, 15) is 13.2 Å². The minimum absolute atomic E-state index is 0.00781. The topological polar surface area (TPSA) is 76.4 Å². The van der Waals surface area contributed by atoms with Gasteiger partial charge in [-0.05, 0) is 26.3 Å². The highest BCUT2D eigenvalue weighted by atomic mass is 32.2. The summed E-state index contributed by atoms with van der Waals surface area (Å²) < 4.78 is 28.5. The van der Waals surface area contributed by atoms with Crippen LogP contribution in [-0.2, 0) is 16.3 Å². The summed E-state index contributed by atoms with van der Waals surface area (Å²) in [7, 11) is -3.04. The predicted octanol–water partition coefficient (Wildman–Crippen LogP) is 1.46. The van der Waals surface area contributed by atoms with Crippen molar-refractivity contribution < 1.29 is 17.6 Å². The first-order valence-electron chi connectivity index (χ1n) is 6.37. The fourth-order valence-corrected chi connectivity index (χ4v) is 4.48. The van der Waals surface area contributed by atoms with E-state index < -0.39 is 15.4 Å². The fraction of sp³-hybridized carbons (Fsp3) is 0.615. The van der Waals surface area contributed by atoms with Crippen LogP contribution in [-0.4, -0.2) is 31.4 Å². The highest BCUT2D eigenvalue weighted by Crippen LogP contribution is 2.24. The second kappa shape index (κ2) is 4.67. The average molecular weight is 285 g/mol. The molecule has 1 fully saturated rings. The Morgan fingerprint density at radius 3 is 2.68 bits per heavy atom. The number of carbonyl (C=O) groups is 1. The Morgan fingerprint density at radius 2 is 2.21 bits per heavy atom. The Morgan fingerprint density at radius 1 is 1.53 bits per heavy atom. The molecule has 2 heterocycles. The molecule has 0 spiro atoms. The summed E-state index contributed by atoms with van der Waals surface area (Å²) in [4.78, 5) is 12.2. The lowest BCUT2D eigenvalue weighted by molar-refractivity contribution is 0.0884. The minimum atomic E-state index is -3.04. The first kappa shape index (κ1) is 14.1.